The molecule has 0 spiro atoms. The minimum Gasteiger partial charge on any atom is -0.393 e. The Labute approximate surface area is 189 Å². The lowest BCUT2D eigenvalue weighted by Crippen LogP contribution is -2.51. The maximum Gasteiger partial charge on any atom is 0.114 e. The Kier molecular flexibility index (Phi) is 5.71. The lowest BCUT2D eigenvalue weighted by Gasteiger charge is -2.58. The molecule has 3 saturated carbocycles. The van der Waals surface area contributed by atoms with Gasteiger partial charge in [0.1, 0.15) is 12.7 Å². The van der Waals surface area contributed by atoms with E-state index in [-0.39, 0.29) is 12.2 Å². The fraction of sp³-hybridized carbons (Fsp3) is 0.857. The highest BCUT2D eigenvalue weighted by Gasteiger charge is 2.59. The molecule has 1 N–H and O–H groups in total. The van der Waals surface area contributed by atoms with Crippen LogP contribution in [0, 0.1) is 46.3 Å². The minimum absolute atomic E-state index is 0.0969. The summed E-state index contributed by atoms with van der Waals surface area (Å²) >= 11 is 0. The summed E-state index contributed by atoms with van der Waals surface area (Å²) in [5, 5.41) is 10.3. The third-order valence-electron chi connectivity index (χ3n) is 10.8. The summed E-state index contributed by atoms with van der Waals surface area (Å²) in [7, 11) is 0. The van der Waals surface area contributed by atoms with Crippen molar-refractivity contribution in [2.45, 2.75) is 98.2 Å². The smallest absolute Gasteiger partial charge is 0.114 e. The zero-order valence-electron chi connectivity index (χ0n) is 20.4. The van der Waals surface area contributed by atoms with Crippen molar-refractivity contribution in [1.29, 1.82) is 0 Å². The second-order valence-corrected chi connectivity index (χ2v) is 12.5. The quantitative estimate of drug-likeness (QED) is 0.413. The predicted octanol–water partition coefficient (Wildman–Crippen LogP) is 6.48. The van der Waals surface area contributed by atoms with E-state index in [1.165, 1.54) is 44.1 Å². The average molecular weight is 429 g/mol. The Morgan fingerprint density at radius 3 is 2.61 bits per heavy atom. The van der Waals surface area contributed by atoms with Gasteiger partial charge in [0.05, 0.1) is 6.10 Å². The molecule has 3 fully saturated rings. The molecule has 1 aliphatic heterocycles. The van der Waals surface area contributed by atoms with Crippen LogP contribution in [0.3, 0.4) is 0 Å². The Morgan fingerprint density at radius 1 is 1.03 bits per heavy atom. The predicted molar refractivity (Wildman–Crippen MR) is 124 cm³/mol. The Morgan fingerprint density at radius 2 is 1.84 bits per heavy atom. The molecule has 4 aliphatic carbocycles. The van der Waals surface area contributed by atoms with Crippen molar-refractivity contribution in [3.63, 3.8) is 0 Å². The normalized spacial score (nSPS) is 48.4. The van der Waals surface area contributed by atoms with Crippen LogP contribution in [0.1, 0.15) is 86.0 Å². The van der Waals surface area contributed by atoms with Crippen LogP contribution in [-0.4, -0.2) is 23.9 Å². The topological polar surface area (TPSA) is 38.7 Å². The number of hydrogen-bond donors (Lipinski definition) is 1. The van der Waals surface area contributed by atoms with Gasteiger partial charge < -0.3 is 5.11 Å². The van der Waals surface area contributed by atoms with Gasteiger partial charge in [-0.25, -0.2) is 9.78 Å². The molecule has 0 saturated heterocycles. The molecule has 0 unspecified atom stereocenters. The Hall–Kier alpha value is -0.640. The zero-order chi connectivity index (χ0) is 22.0. The molecule has 1 heterocycles. The highest BCUT2D eigenvalue weighted by atomic mass is 17.2. The van der Waals surface area contributed by atoms with E-state index in [9.17, 15) is 5.11 Å². The lowest BCUT2D eigenvalue weighted by atomic mass is 9.47. The minimum atomic E-state index is -0.108. The van der Waals surface area contributed by atoms with Gasteiger partial charge in [0.25, 0.3) is 0 Å². The number of aliphatic hydroxyl groups excluding tert-OH is 1. The second kappa shape index (κ2) is 7.99. The molecule has 0 aromatic heterocycles. The van der Waals surface area contributed by atoms with Gasteiger partial charge in [-0.2, -0.15) is 0 Å². The summed E-state index contributed by atoms with van der Waals surface area (Å²) < 4.78 is 0. The zero-order valence-corrected chi connectivity index (χ0v) is 20.4. The van der Waals surface area contributed by atoms with E-state index < -0.39 is 0 Å². The van der Waals surface area contributed by atoms with Gasteiger partial charge in [0, 0.05) is 0 Å². The average Bonchev–Trinajstić information content (AvgIpc) is 3.11. The van der Waals surface area contributed by atoms with Crippen molar-refractivity contribution in [1.82, 2.24) is 0 Å². The molecular weight excluding hydrogens is 384 g/mol. The van der Waals surface area contributed by atoms with E-state index in [1.54, 1.807) is 5.57 Å². The van der Waals surface area contributed by atoms with Crippen molar-refractivity contribution in [3.8, 4) is 0 Å². The van der Waals surface area contributed by atoms with Crippen LogP contribution in [0.2, 0.25) is 0 Å². The molecule has 3 heteroatoms. The number of hydrogen-bond acceptors (Lipinski definition) is 3. The largest absolute Gasteiger partial charge is 0.393 e. The van der Waals surface area contributed by atoms with Crippen molar-refractivity contribution >= 4 is 0 Å². The van der Waals surface area contributed by atoms with Crippen LogP contribution < -0.4 is 0 Å². The fourth-order valence-corrected chi connectivity index (χ4v) is 8.84. The highest BCUT2D eigenvalue weighted by molar-refractivity contribution is 5.25. The molecule has 5 aliphatic rings. The summed E-state index contributed by atoms with van der Waals surface area (Å²) in [6.07, 6.45) is 14.7. The third-order valence-corrected chi connectivity index (χ3v) is 10.8. The first-order valence-electron chi connectivity index (χ1n) is 13.1. The Balaban J connectivity index is 1.37. The first-order chi connectivity index (χ1) is 14.7. The van der Waals surface area contributed by atoms with E-state index in [2.05, 4.69) is 46.8 Å². The van der Waals surface area contributed by atoms with Gasteiger partial charge in [-0.05, 0) is 103 Å². The maximum atomic E-state index is 10.3. The van der Waals surface area contributed by atoms with E-state index in [0.29, 0.717) is 35.2 Å². The number of fused-ring (bicyclic) bond motifs is 5. The van der Waals surface area contributed by atoms with Crippen molar-refractivity contribution in [2.24, 2.45) is 46.3 Å². The fourth-order valence-electron chi connectivity index (χ4n) is 8.84. The standard InChI is InChI=1S/C28H44O3/c1-17(2)19-14-26(31-30-16-19)18(3)23-8-9-24-22-7-6-20-15-21(29)10-12-27(20,4)25(22)11-13-28(23,24)5/h6,14,17-18,21-26,29H,7-13,15-16H2,1-5H3/t18-,21-,22-,23+,24-,25-,26-,27-,28+/m0/s1. The monoisotopic (exact) mass is 428 g/mol. The molecule has 0 aromatic rings. The molecule has 31 heavy (non-hydrogen) atoms. The number of aliphatic hydroxyl groups is 1. The van der Waals surface area contributed by atoms with Gasteiger partial charge in [-0.15, -0.1) is 0 Å². The van der Waals surface area contributed by atoms with Crippen LogP contribution in [0.15, 0.2) is 23.3 Å². The molecule has 0 bridgehead atoms. The highest BCUT2D eigenvalue weighted by Crippen LogP contribution is 2.67. The van der Waals surface area contributed by atoms with Crippen LogP contribution in [0.5, 0.6) is 0 Å². The molecule has 3 nitrogen and oxygen atoms in total. The van der Waals surface area contributed by atoms with Gasteiger partial charge in [-0.3, -0.25) is 0 Å². The van der Waals surface area contributed by atoms with Gasteiger partial charge in [-0.1, -0.05) is 52.3 Å². The number of allylic oxidation sites excluding steroid dienone is 1. The first kappa shape index (κ1) is 22.2. The van der Waals surface area contributed by atoms with E-state index in [4.69, 9.17) is 9.78 Å². The van der Waals surface area contributed by atoms with Crippen LogP contribution in [0.25, 0.3) is 0 Å². The van der Waals surface area contributed by atoms with E-state index in [1.807, 2.05) is 0 Å². The summed E-state index contributed by atoms with van der Waals surface area (Å²) in [4.78, 5) is 11.4. The van der Waals surface area contributed by atoms with Crippen LogP contribution >= 0.6 is 0 Å². The SMILES string of the molecule is CC(C)C1=C[C@@H]([C@@H](C)[C@H]2CC[C@H]3[C@@H]4CC=C5C[C@@H](O)CC[C@]5(C)[C@H]4CC[C@]23C)OOC1. The molecule has 0 amide bonds. The Bertz CT molecular complexity index is 753. The number of rotatable bonds is 3. The summed E-state index contributed by atoms with van der Waals surface area (Å²) in [5.41, 5.74) is 3.73. The summed E-state index contributed by atoms with van der Waals surface area (Å²) in [5.74, 6) is 4.20. The molecule has 9 atom stereocenters. The molecule has 0 aromatic carbocycles. The third kappa shape index (κ3) is 3.49. The van der Waals surface area contributed by atoms with Crippen molar-refractivity contribution in [2.75, 3.05) is 6.61 Å². The van der Waals surface area contributed by atoms with Crippen molar-refractivity contribution in [3.05, 3.63) is 23.3 Å². The maximum absolute atomic E-state index is 10.3. The summed E-state index contributed by atoms with van der Waals surface area (Å²) in [6.45, 7) is 12.7. The lowest BCUT2D eigenvalue weighted by molar-refractivity contribution is -0.328. The second-order valence-electron chi connectivity index (χ2n) is 12.5. The molecule has 0 radical (unpaired) electrons. The van der Waals surface area contributed by atoms with Gasteiger partial charge in [0.2, 0.25) is 0 Å². The molecular formula is C28H44O3. The van der Waals surface area contributed by atoms with Gasteiger partial charge >= 0.3 is 0 Å². The summed E-state index contributed by atoms with van der Waals surface area (Å²) in [6, 6.07) is 0. The van der Waals surface area contributed by atoms with E-state index in [0.717, 1.165) is 30.6 Å². The van der Waals surface area contributed by atoms with Crippen LogP contribution in [0.4, 0.5) is 0 Å². The van der Waals surface area contributed by atoms with Gasteiger partial charge in [0.15, 0.2) is 0 Å². The van der Waals surface area contributed by atoms with Crippen molar-refractivity contribution < 1.29 is 14.9 Å². The first-order valence-corrected chi connectivity index (χ1v) is 13.1. The molecule has 174 valence electrons. The van der Waals surface area contributed by atoms with E-state index >= 15 is 0 Å². The van der Waals surface area contributed by atoms with Crippen LogP contribution in [-0.2, 0) is 9.78 Å². The molecule has 5 rings (SSSR count).